The summed E-state index contributed by atoms with van der Waals surface area (Å²) in [4.78, 5) is 12.9. The second-order valence-electron chi connectivity index (χ2n) is 7.84. The van der Waals surface area contributed by atoms with Crippen LogP contribution in [0.2, 0.25) is 5.02 Å². The average Bonchev–Trinajstić information content (AvgIpc) is 2.65. The van der Waals surface area contributed by atoms with Gasteiger partial charge in [0.1, 0.15) is 4.90 Å². The van der Waals surface area contributed by atoms with Gasteiger partial charge in [-0.3, -0.25) is 4.79 Å². The molecule has 1 saturated heterocycles. The van der Waals surface area contributed by atoms with Crippen LogP contribution in [0.4, 0.5) is 18.9 Å². The predicted octanol–water partition coefficient (Wildman–Crippen LogP) is 4.43. The Bertz CT molecular complexity index is 1110. The topological polar surface area (TPSA) is 82.2 Å². The van der Waals surface area contributed by atoms with Crippen LogP contribution in [0.15, 0.2) is 47.4 Å². The molecule has 2 aromatic carbocycles. The third-order valence-electron chi connectivity index (χ3n) is 5.31. The number of rotatable bonds is 5. The number of hydrogen-bond donors (Lipinski definition) is 1. The molecule has 32 heavy (non-hydrogen) atoms. The predicted molar refractivity (Wildman–Crippen MR) is 116 cm³/mol. The van der Waals surface area contributed by atoms with Crippen molar-refractivity contribution < 1.29 is 31.5 Å². The number of aliphatic carboxylic acids is 1. The highest BCUT2D eigenvalue weighted by molar-refractivity contribution is 7.89. The standard InChI is InChI=1S/C21H22ClF3N2O4S/c1-13-11-26(16-6-7-18(19(22)10-16)21(23,24)25)12-14(2)27(13)32(30,31)17-5-3-4-15(8-17)9-20(28)29/h3-8,10,13-14H,9,11-12H2,1-2H3,(H,28,29)/p+1/t13-,14+. The average molecular weight is 492 g/mol. The minimum Gasteiger partial charge on any atom is -0.481 e. The zero-order valence-corrected chi connectivity index (χ0v) is 18.9. The van der Waals surface area contributed by atoms with Crippen molar-refractivity contribution in [1.29, 1.82) is 0 Å². The molecule has 0 radical (unpaired) electrons. The van der Waals surface area contributed by atoms with Crippen LogP contribution in [0.3, 0.4) is 0 Å². The van der Waals surface area contributed by atoms with Crippen LogP contribution in [-0.2, 0) is 27.4 Å². The zero-order valence-electron chi connectivity index (χ0n) is 17.3. The molecule has 1 aliphatic rings. The summed E-state index contributed by atoms with van der Waals surface area (Å²) in [5, 5.41) is 8.59. The lowest BCUT2D eigenvalue weighted by Gasteiger charge is -2.42. The Morgan fingerprint density at radius 1 is 1.19 bits per heavy atom. The van der Waals surface area contributed by atoms with E-state index in [9.17, 15) is 26.4 Å². The summed E-state index contributed by atoms with van der Waals surface area (Å²) in [5.74, 6) is -1.04. The Kier molecular flexibility index (Phi) is 6.78. The van der Waals surface area contributed by atoms with Crippen molar-refractivity contribution in [2.45, 2.75) is 43.4 Å². The van der Waals surface area contributed by atoms with Gasteiger partial charge in [-0.1, -0.05) is 23.7 Å². The van der Waals surface area contributed by atoms with Crippen LogP contribution in [0.5, 0.6) is 0 Å². The monoisotopic (exact) mass is 491 g/mol. The van der Waals surface area contributed by atoms with E-state index in [0.29, 0.717) is 24.3 Å². The van der Waals surface area contributed by atoms with Crippen LogP contribution in [0.1, 0.15) is 25.0 Å². The quantitative estimate of drug-likeness (QED) is 0.627. The lowest BCUT2D eigenvalue weighted by molar-refractivity contribution is -0.138. The normalized spacial score (nSPS) is 21.9. The number of nitrogens with zero attached hydrogens (tertiary/aromatic N) is 2. The van der Waals surface area contributed by atoms with Crippen molar-refractivity contribution in [3.63, 3.8) is 0 Å². The van der Waals surface area contributed by atoms with Gasteiger partial charge in [0.2, 0.25) is 0 Å². The van der Waals surface area contributed by atoms with Gasteiger partial charge in [0.05, 0.1) is 17.0 Å². The maximum atomic E-state index is 13.4. The number of carboxylic acids is 1. The lowest BCUT2D eigenvalue weighted by atomic mass is 10.1. The highest BCUT2D eigenvalue weighted by Gasteiger charge is 2.42. The number of anilines is 1. The van der Waals surface area contributed by atoms with Gasteiger partial charge in [-0.2, -0.15) is 17.4 Å². The van der Waals surface area contributed by atoms with Crippen molar-refractivity contribution in [3.05, 3.63) is 58.6 Å². The summed E-state index contributed by atoms with van der Waals surface area (Å²) in [5.41, 5.74) is -0.00775. The molecule has 1 heterocycles. The third kappa shape index (κ3) is 5.02. The van der Waals surface area contributed by atoms with E-state index >= 15 is 0 Å². The molecule has 1 aliphatic heterocycles. The van der Waals surface area contributed by atoms with Crippen molar-refractivity contribution in [1.82, 2.24) is 4.31 Å². The first kappa shape index (κ1) is 24.3. The summed E-state index contributed by atoms with van der Waals surface area (Å²) in [6.45, 7) is 4.09. The molecule has 2 N–H and O–H groups in total. The summed E-state index contributed by atoms with van der Waals surface area (Å²) >= 11 is 5.85. The molecule has 3 rings (SSSR count). The van der Waals surface area contributed by atoms with E-state index in [0.717, 1.165) is 6.07 Å². The number of benzene rings is 2. The number of hydrogen-bond acceptors (Lipinski definition) is 3. The van der Waals surface area contributed by atoms with Crippen LogP contribution in [-0.4, -0.2) is 49.0 Å². The number of carboxylic acid groups (broad SMARTS) is 1. The highest BCUT2D eigenvalue weighted by atomic mass is 35.5. The summed E-state index contributed by atoms with van der Waals surface area (Å²) < 4.78 is 64.8. The number of carbonyl (C=O) groups is 1. The Hall–Kier alpha value is -2.30. The molecule has 3 atom stereocenters. The van der Waals surface area contributed by atoms with Crippen molar-refractivity contribution in [2.75, 3.05) is 18.0 Å². The molecule has 11 heteroatoms. The summed E-state index contributed by atoms with van der Waals surface area (Å²) in [6, 6.07) is 8.68. The Labute approximate surface area is 189 Å². The first-order valence-corrected chi connectivity index (χ1v) is 11.6. The largest absolute Gasteiger partial charge is 0.481 e. The molecule has 1 unspecified atom stereocenters. The summed E-state index contributed by atoms with van der Waals surface area (Å²) in [6.07, 6.45) is -4.82. The van der Waals surface area contributed by atoms with Crippen LogP contribution in [0, 0.1) is 0 Å². The van der Waals surface area contributed by atoms with Gasteiger partial charge in [0, 0.05) is 30.9 Å². The van der Waals surface area contributed by atoms with Crippen LogP contribution >= 0.6 is 11.6 Å². The number of halogens is 4. The molecule has 0 spiro atoms. The molecular formula is C21H23ClF3N2O4S+. The van der Waals surface area contributed by atoms with E-state index in [1.54, 1.807) is 26.0 Å². The molecule has 6 nitrogen and oxygen atoms in total. The fourth-order valence-electron chi connectivity index (χ4n) is 4.05. The van der Waals surface area contributed by atoms with Crippen molar-refractivity contribution >= 4 is 33.3 Å². The molecular weight excluding hydrogens is 469 g/mol. The molecule has 174 valence electrons. The molecule has 0 bridgehead atoms. The molecule has 1 fully saturated rings. The third-order valence-corrected chi connectivity index (χ3v) is 7.78. The molecule has 0 saturated carbocycles. The summed E-state index contributed by atoms with van der Waals surface area (Å²) in [7, 11) is -3.67. The number of piperazine rings is 1. The van der Waals surface area contributed by atoms with E-state index in [-0.39, 0.29) is 11.3 Å². The second kappa shape index (κ2) is 8.92. The smallest absolute Gasteiger partial charge is 0.417 e. The maximum absolute atomic E-state index is 13.4. The van der Waals surface area contributed by atoms with E-state index in [2.05, 4.69) is 0 Å². The fourth-order valence-corrected chi connectivity index (χ4v) is 6.25. The second-order valence-corrected chi connectivity index (χ2v) is 10.1. The van der Waals surface area contributed by atoms with Gasteiger partial charge in [-0.15, -0.1) is 4.31 Å². The van der Waals surface area contributed by atoms with Gasteiger partial charge in [-0.25, -0.2) is 4.21 Å². The molecule has 0 aliphatic carbocycles. The van der Waals surface area contributed by atoms with Gasteiger partial charge in [0.25, 0.3) is 0 Å². The van der Waals surface area contributed by atoms with Gasteiger partial charge >= 0.3 is 22.2 Å². The van der Waals surface area contributed by atoms with E-state index in [1.807, 2.05) is 4.90 Å². The Morgan fingerprint density at radius 3 is 2.34 bits per heavy atom. The maximum Gasteiger partial charge on any atom is 0.417 e. The SMILES string of the molecule is C[C@@H]1CN(c2ccc(C(F)(F)F)c(Cl)c2)C[C@H](C)N1S(=O)(=[OH+])c1cccc(CC(=O)O)c1. The minimum absolute atomic E-state index is 0.112. The van der Waals surface area contributed by atoms with E-state index in [1.165, 1.54) is 28.6 Å². The van der Waals surface area contributed by atoms with Gasteiger partial charge in [0.15, 0.2) is 0 Å². The fraction of sp³-hybridized carbons (Fsp3) is 0.381. The zero-order chi connectivity index (χ0) is 23.8. The first-order chi connectivity index (χ1) is 14.8. The van der Waals surface area contributed by atoms with Gasteiger partial charge in [-0.05, 0) is 49.7 Å². The number of alkyl halides is 3. The Morgan fingerprint density at radius 2 is 1.81 bits per heavy atom. The molecule has 0 aromatic heterocycles. The van der Waals surface area contributed by atoms with Crippen LogP contribution in [0.25, 0.3) is 0 Å². The minimum atomic E-state index is -4.55. The lowest BCUT2D eigenvalue weighted by Crippen LogP contribution is -2.58. The van der Waals surface area contributed by atoms with Crippen molar-refractivity contribution in [3.8, 4) is 0 Å². The van der Waals surface area contributed by atoms with Crippen molar-refractivity contribution in [2.24, 2.45) is 0 Å². The van der Waals surface area contributed by atoms with E-state index in [4.69, 9.17) is 16.7 Å². The Balaban J connectivity index is 1.85. The first-order valence-electron chi connectivity index (χ1n) is 9.78. The molecule has 2 aromatic rings. The van der Waals surface area contributed by atoms with Gasteiger partial charge < -0.3 is 10.0 Å². The van der Waals surface area contributed by atoms with E-state index < -0.39 is 44.8 Å². The van der Waals surface area contributed by atoms with Crippen LogP contribution < -0.4 is 4.90 Å². The highest BCUT2D eigenvalue weighted by Crippen LogP contribution is 2.37. The molecule has 0 amide bonds.